The Balaban J connectivity index is 2.02. The molecule has 1 fully saturated rings. The fourth-order valence-electron chi connectivity index (χ4n) is 2.12. The van der Waals surface area contributed by atoms with Crippen LogP contribution in [0.15, 0.2) is 24.3 Å². The summed E-state index contributed by atoms with van der Waals surface area (Å²) in [6.45, 7) is 4.13. The maximum Gasteiger partial charge on any atom is 0.227 e. The Kier molecular flexibility index (Phi) is 4.02. The number of rotatable bonds is 5. The normalized spacial score (nSPS) is 18.2. The molecule has 0 saturated heterocycles. The lowest BCUT2D eigenvalue weighted by molar-refractivity contribution is -0.119. The number of amides is 1. The van der Waals surface area contributed by atoms with Gasteiger partial charge in [0.15, 0.2) is 0 Å². The molecule has 1 aliphatic rings. The molecule has 2 atom stereocenters. The van der Waals surface area contributed by atoms with Crippen LogP contribution in [0.4, 0.5) is 5.69 Å². The Labute approximate surface area is 109 Å². The van der Waals surface area contributed by atoms with Crippen molar-refractivity contribution in [2.75, 3.05) is 12.4 Å². The molecule has 2 rings (SSSR count). The minimum absolute atomic E-state index is 0.135. The van der Waals surface area contributed by atoms with Crippen LogP contribution in [0.3, 0.4) is 0 Å². The molecule has 0 spiro atoms. The first-order chi connectivity index (χ1) is 8.61. The molecule has 98 valence electrons. The van der Waals surface area contributed by atoms with Gasteiger partial charge in [0.2, 0.25) is 5.91 Å². The number of hydrogen-bond donors (Lipinski definition) is 2. The molecule has 0 radical (unpaired) electrons. The SMILES string of the molecule is CNC(C)c1cccc(NC(=O)C(C)C2CC2)c1. The Hall–Kier alpha value is -1.35. The second kappa shape index (κ2) is 5.53. The lowest BCUT2D eigenvalue weighted by Gasteiger charge is -2.14. The van der Waals surface area contributed by atoms with Crippen LogP contribution in [0.2, 0.25) is 0 Å². The van der Waals surface area contributed by atoms with Crippen molar-refractivity contribution in [2.45, 2.75) is 32.7 Å². The van der Waals surface area contributed by atoms with Crippen LogP contribution in [0, 0.1) is 11.8 Å². The highest BCUT2D eigenvalue weighted by molar-refractivity contribution is 5.92. The molecule has 1 saturated carbocycles. The van der Waals surface area contributed by atoms with Crippen LogP contribution >= 0.6 is 0 Å². The summed E-state index contributed by atoms with van der Waals surface area (Å²) in [5.74, 6) is 0.881. The fourth-order valence-corrected chi connectivity index (χ4v) is 2.12. The Morgan fingerprint density at radius 1 is 1.33 bits per heavy atom. The largest absolute Gasteiger partial charge is 0.326 e. The van der Waals surface area contributed by atoms with Gasteiger partial charge >= 0.3 is 0 Å². The number of nitrogens with one attached hydrogen (secondary N) is 2. The van der Waals surface area contributed by atoms with Crippen molar-refractivity contribution in [1.29, 1.82) is 0 Å². The van der Waals surface area contributed by atoms with Crippen LogP contribution < -0.4 is 10.6 Å². The maximum absolute atomic E-state index is 12.0. The van der Waals surface area contributed by atoms with E-state index in [-0.39, 0.29) is 11.8 Å². The van der Waals surface area contributed by atoms with Gasteiger partial charge in [-0.2, -0.15) is 0 Å². The molecule has 0 bridgehead atoms. The van der Waals surface area contributed by atoms with E-state index in [0.29, 0.717) is 12.0 Å². The molecular formula is C15H22N2O. The van der Waals surface area contributed by atoms with Gasteiger partial charge in [0.1, 0.15) is 0 Å². The zero-order valence-corrected chi connectivity index (χ0v) is 11.4. The molecule has 1 aliphatic carbocycles. The van der Waals surface area contributed by atoms with Gasteiger partial charge in [0.05, 0.1) is 0 Å². The topological polar surface area (TPSA) is 41.1 Å². The van der Waals surface area contributed by atoms with E-state index in [0.717, 1.165) is 5.69 Å². The smallest absolute Gasteiger partial charge is 0.227 e. The molecule has 0 heterocycles. The molecule has 0 aliphatic heterocycles. The highest BCUT2D eigenvalue weighted by atomic mass is 16.1. The second-order valence-electron chi connectivity index (χ2n) is 5.25. The van der Waals surface area contributed by atoms with Crippen molar-refractivity contribution in [3.05, 3.63) is 29.8 Å². The number of hydrogen-bond acceptors (Lipinski definition) is 2. The van der Waals surface area contributed by atoms with Crippen LogP contribution in [0.5, 0.6) is 0 Å². The van der Waals surface area contributed by atoms with E-state index in [2.05, 4.69) is 23.6 Å². The lowest BCUT2D eigenvalue weighted by Crippen LogP contribution is -2.22. The van der Waals surface area contributed by atoms with Crippen molar-refractivity contribution in [2.24, 2.45) is 11.8 Å². The summed E-state index contributed by atoms with van der Waals surface area (Å²) in [5, 5.41) is 6.22. The highest BCUT2D eigenvalue weighted by Crippen LogP contribution is 2.37. The Morgan fingerprint density at radius 2 is 2.06 bits per heavy atom. The van der Waals surface area contributed by atoms with Gasteiger partial charge in [-0.3, -0.25) is 4.79 Å². The highest BCUT2D eigenvalue weighted by Gasteiger charge is 2.32. The molecule has 18 heavy (non-hydrogen) atoms. The number of carbonyl (C=O) groups is 1. The third-order valence-electron chi connectivity index (χ3n) is 3.83. The van der Waals surface area contributed by atoms with E-state index >= 15 is 0 Å². The Bertz CT molecular complexity index is 426. The third-order valence-corrected chi connectivity index (χ3v) is 3.83. The molecule has 2 unspecified atom stereocenters. The van der Waals surface area contributed by atoms with Crippen molar-refractivity contribution in [3.8, 4) is 0 Å². The van der Waals surface area contributed by atoms with Gasteiger partial charge in [-0.25, -0.2) is 0 Å². The predicted molar refractivity (Wildman–Crippen MR) is 74.4 cm³/mol. The van der Waals surface area contributed by atoms with Crippen molar-refractivity contribution in [3.63, 3.8) is 0 Å². The van der Waals surface area contributed by atoms with Gasteiger partial charge in [-0.15, -0.1) is 0 Å². The summed E-state index contributed by atoms with van der Waals surface area (Å²) in [4.78, 5) is 12.0. The number of benzene rings is 1. The van der Waals surface area contributed by atoms with Crippen LogP contribution in [0.25, 0.3) is 0 Å². The maximum atomic E-state index is 12.0. The summed E-state index contributed by atoms with van der Waals surface area (Å²) < 4.78 is 0. The first kappa shape index (κ1) is 13.1. The molecular weight excluding hydrogens is 224 g/mol. The van der Waals surface area contributed by atoms with Crippen LogP contribution in [0.1, 0.15) is 38.3 Å². The number of carbonyl (C=O) groups excluding carboxylic acids is 1. The predicted octanol–water partition coefficient (Wildman–Crippen LogP) is 2.95. The molecule has 3 heteroatoms. The summed E-state index contributed by atoms with van der Waals surface area (Å²) in [6, 6.07) is 8.34. The van der Waals surface area contributed by atoms with E-state index in [4.69, 9.17) is 0 Å². The third kappa shape index (κ3) is 3.10. The van der Waals surface area contributed by atoms with Gasteiger partial charge in [0, 0.05) is 17.6 Å². The molecule has 0 aromatic heterocycles. The molecule has 1 aromatic rings. The average molecular weight is 246 g/mol. The summed E-state index contributed by atoms with van der Waals surface area (Å²) in [6.07, 6.45) is 2.40. The fraction of sp³-hybridized carbons (Fsp3) is 0.533. The van der Waals surface area contributed by atoms with E-state index < -0.39 is 0 Å². The second-order valence-corrected chi connectivity index (χ2v) is 5.25. The van der Waals surface area contributed by atoms with Gasteiger partial charge in [-0.05, 0) is 50.4 Å². The van der Waals surface area contributed by atoms with E-state index in [1.807, 2.05) is 32.2 Å². The van der Waals surface area contributed by atoms with Crippen molar-refractivity contribution in [1.82, 2.24) is 5.32 Å². The Morgan fingerprint density at radius 3 is 2.67 bits per heavy atom. The zero-order valence-electron chi connectivity index (χ0n) is 11.4. The lowest BCUT2D eigenvalue weighted by atomic mass is 10.0. The van der Waals surface area contributed by atoms with Crippen molar-refractivity contribution >= 4 is 11.6 Å². The minimum Gasteiger partial charge on any atom is -0.326 e. The standard InChI is InChI=1S/C15H22N2O/c1-10(12-7-8-12)15(18)17-14-6-4-5-13(9-14)11(2)16-3/h4-6,9-12,16H,7-8H2,1-3H3,(H,17,18). The van der Waals surface area contributed by atoms with E-state index in [1.54, 1.807) is 0 Å². The summed E-state index contributed by atoms with van der Waals surface area (Å²) in [5.41, 5.74) is 2.08. The monoisotopic (exact) mass is 246 g/mol. The average Bonchev–Trinajstić information content (AvgIpc) is 3.21. The quantitative estimate of drug-likeness (QED) is 0.838. The first-order valence-corrected chi connectivity index (χ1v) is 6.70. The molecule has 1 aromatic carbocycles. The van der Waals surface area contributed by atoms with Gasteiger partial charge < -0.3 is 10.6 Å². The first-order valence-electron chi connectivity index (χ1n) is 6.70. The molecule has 2 N–H and O–H groups in total. The van der Waals surface area contributed by atoms with E-state index in [9.17, 15) is 4.79 Å². The van der Waals surface area contributed by atoms with Crippen molar-refractivity contribution < 1.29 is 4.79 Å². The molecule has 3 nitrogen and oxygen atoms in total. The summed E-state index contributed by atoms with van der Waals surface area (Å²) in [7, 11) is 1.94. The van der Waals surface area contributed by atoms with E-state index in [1.165, 1.54) is 18.4 Å². The van der Waals surface area contributed by atoms with Crippen LogP contribution in [-0.2, 0) is 4.79 Å². The number of anilines is 1. The minimum atomic E-state index is 0.135. The zero-order chi connectivity index (χ0) is 13.1. The van der Waals surface area contributed by atoms with Gasteiger partial charge in [-0.1, -0.05) is 19.1 Å². The van der Waals surface area contributed by atoms with Crippen LogP contribution in [-0.4, -0.2) is 13.0 Å². The summed E-state index contributed by atoms with van der Waals surface area (Å²) >= 11 is 0. The van der Waals surface area contributed by atoms with Gasteiger partial charge in [0.25, 0.3) is 0 Å². The molecule has 1 amide bonds.